The Kier molecular flexibility index (Phi) is 3.98. The van der Waals surface area contributed by atoms with Crippen LogP contribution in [0.5, 0.6) is 0 Å². The molecule has 2 aromatic rings. The zero-order chi connectivity index (χ0) is 12.8. The molecular weight excluding hydrogens is 234 g/mol. The van der Waals surface area contributed by atoms with Gasteiger partial charge in [0.2, 0.25) is 5.91 Å². The molecule has 0 bridgehead atoms. The first kappa shape index (κ1) is 12.2. The standard InChI is InChI=1S/C13H13NO4/c15-12(10-5-7-17-9-10)8-14-13(16)4-3-11-2-1-6-18-11/h1-7,9,12,15H,8H2,(H,14,16)/b4-3+. The van der Waals surface area contributed by atoms with E-state index in [9.17, 15) is 9.90 Å². The number of hydrogen-bond donors (Lipinski definition) is 2. The van der Waals surface area contributed by atoms with E-state index in [2.05, 4.69) is 5.32 Å². The molecule has 0 spiro atoms. The van der Waals surface area contributed by atoms with Crippen LogP contribution in [-0.4, -0.2) is 17.6 Å². The Labute approximate surface area is 104 Å². The second kappa shape index (κ2) is 5.88. The van der Waals surface area contributed by atoms with Gasteiger partial charge >= 0.3 is 0 Å². The largest absolute Gasteiger partial charge is 0.472 e. The van der Waals surface area contributed by atoms with E-state index in [1.165, 1.54) is 24.9 Å². The molecule has 0 aliphatic heterocycles. The van der Waals surface area contributed by atoms with Gasteiger partial charge < -0.3 is 19.3 Å². The number of carbonyl (C=O) groups is 1. The number of hydrogen-bond acceptors (Lipinski definition) is 4. The van der Waals surface area contributed by atoms with Crippen LogP contribution in [-0.2, 0) is 4.79 Å². The van der Waals surface area contributed by atoms with E-state index < -0.39 is 6.10 Å². The molecule has 5 heteroatoms. The number of rotatable bonds is 5. The fraction of sp³-hybridized carbons (Fsp3) is 0.154. The highest BCUT2D eigenvalue weighted by molar-refractivity contribution is 5.91. The molecule has 1 amide bonds. The van der Waals surface area contributed by atoms with Crippen LogP contribution in [0.15, 0.2) is 51.9 Å². The fourth-order valence-corrected chi connectivity index (χ4v) is 1.38. The predicted octanol–water partition coefficient (Wildman–Crippen LogP) is 1.74. The molecule has 0 saturated heterocycles. The van der Waals surface area contributed by atoms with Gasteiger partial charge in [0.05, 0.1) is 24.9 Å². The van der Waals surface area contributed by atoms with Gasteiger partial charge in [0, 0.05) is 18.2 Å². The average molecular weight is 247 g/mol. The Morgan fingerprint density at radius 2 is 2.33 bits per heavy atom. The van der Waals surface area contributed by atoms with Crippen molar-refractivity contribution in [2.24, 2.45) is 0 Å². The Morgan fingerprint density at radius 3 is 3.00 bits per heavy atom. The van der Waals surface area contributed by atoms with Crippen molar-refractivity contribution >= 4 is 12.0 Å². The van der Waals surface area contributed by atoms with Crippen molar-refractivity contribution in [2.45, 2.75) is 6.10 Å². The Balaban J connectivity index is 1.78. The zero-order valence-electron chi connectivity index (χ0n) is 9.58. The summed E-state index contributed by atoms with van der Waals surface area (Å²) >= 11 is 0. The van der Waals surface area contributed by atoms with E-state index in [4.69, 9.17) is 8.83 Å². The van der Waals surface area contributed by atoms with E-state index in [-0.39, 0.29) is 12.5 Å². The van der Waals surface area contributed by atoms with E-state index in [1.807, 2.05) is 0 Å². The molecule has 5 nitrogen and oxygen atoms in total. The number of aliphatic hydroxyl groups excluding tert-OH is 1. The summed E-state index contributed by atoms with van der Waals surface area (Å²) in [5.41, 5.74) is 0.630. The summed E-state index contributed by atoms with van der Waals surface area (Å²) in [5.74, 6) is 0.300. The second-order valence-corrected chi connectivity index (χ2v) is 3.67. The van der Waals surface area contributed by atoms with Crippen LogP contribution in [0.2, 0.25) is 0 Å². The lowest BCUT2D eigenvalue weighted by Gasteiger charge is -2.08. The third-order valence-electron chi connectivity index (χ3n) is 2.34. The normalized spacial score (nSPS) is 12.7. The lowest BCUT2D eigenvalue weighted by molar-refractivity contribution is -0.116. The number of carbonyl (C=O) groups excluding carboxylic acids is 1. The molecule has 0 aromatic carbocycles. The van der Waals surface area contributed by atoms with E-state index in [0.29, 0.717) is 11.3 Å². The van der Waals surface area contributed by atoms with Gasteiger partial charge in [0.25, 0.3) is 0 Å². The molecule has 1 atom stereocenters. The van der Waals surface area contributed by atoms with E-state index in [1.54, 1.807) is 24.3 Å². The lowest BCUT2D eigenvalue weighted by Crippen LogP contribution is -2.26. The van der Waals surface area contributed by atoms with Crippen molar-refractivity contribution in [3.8, 4) is 0 Å². The zero-order valence-corrected chi connectivity index (χ0v) is 9.58. The van der Waals surface area contributed by atoms with Crippen LogP contribution in [0.1, 0.15) is 17.4 Å². The number of nitrogens with one attached hydrogen (secondary N) is 1. The van der Waals surface area contributed by atoms with Crippen LogP contribution in [0.25, 0.3) is 6.08 Å². The van der Waals surface area contributed by atoms with Crippen molar-refractivity contribution in [3.05, 3.63) is 54.4 Å². The van der Waals surface area contributed by atoms with Gasteiger partial charge in [0.15, 0.2) is 0 Å². The van der Waals surface area contributed by atoms with Crippen LogP contribution in [0.3, 0.4) is 0 Å². The van der Waals surface area contributed by atoms with Gasteiger partial charge in [-0.2, -0.15) is 0 Å². The summed E-state index contributed by atoms with van der Waals surface area (Å²) in [5, 5.41) is 12.3. The summed E-state index contributed by atoms with van der Waals surface area (Å²) in [7, 11) is 0. The molecule has 0 fully saturated rings. The minimum Gasteiger partial charge on any atom is -0.472 e. The van der Waals surface area contributed by atoms with Crippen molar-refractivity contribution < 1.29 is 18.7 Å². The van der Waals surface area contributed by atoms with E-state index in [0.717, 1.165) is 0 Å². The quantitative estimate of drug-likeness (QED) is 0.789. The van der Waals surface area contributed by atoms with Gasteiger partial charge in [-0.05, 0) is 24.3 Å². The number of aliphatic hydroxyl groups is 1. The Morgan fingerprint density at radius 1 is 1.44 bits per heavy atom. The summed E-state index contributed by atoms with van der Waals surface area (Å²) in [6.45, 7) is 0.126. The van der Waals surface area contributed by atoms with Crippen LogP contribution in [0, 0.1) is 0 Å². The van der Waals surface area contributed by atoms with Crippen molar-refractivity contribution in [2.75, 3.05) is 6.54 Å². The van der Waals surface area contributed by atoms with Gasteiger partial charge in [-0.1, -0.05) is 0 Å². The smallest absolute Gasteiger partial charge is 0.244 e. The molecule has 18 heavy (non-hydrogen) atoms. The third-order valence-corrected chi connectivity index (χ3v) is 2.34. The molecule has 2 rings (SSSR count). The lowest BCUT2D eigenvalue weighted by atomic mass is 10.2. The molecule has 1 unspecified atom stereocenters. The maximum absolute atomic E-state index is 11.4. The van der Waals surface area contributed by atoms with Gasteiger partial charge in [0.1, 0.15) is 5.76 Å². The monoisotopic (exact) mass is 247 g/mol. The number of amides is 1. The van der Waals surface area contributed by atoms with Crippen LogP contribution in [0.4, 0.5) is 0 Å². The molecule has 2 N–H and O–H groups in total. The highest BCUT2D eigenvalue weighted by Gasteiger charge is 2.09. The minimum absolute atomic E-state index is 0.126. The van der Waals surface area contributed by atoms with Crippen molar-refractivity contribution in [1.29, 1.82) is 0 Å². The third kappa shape index (κ3) is 3.36. The molecule has 2 heterocycles. The van der Waals surface area contributed by atoms with Gasteiger partial charge in [-0.15, -0.1) is 0 Å². The second-order valence-electron chi connectivity index (χ2n) is 3.67. The average Bonchev–Trinajstić information content (AvgIpc) is 3.05. The Bertz CT molecular complexity index is 499. The topological polar surface area (TPSA) is 75.6 Å². The molecule has 94 valence electrons. The van der Waals surface area contributed by atoms with Crippen molar-refractivity contribution in [1.82, 2.24) is 5.32 Å². The number of furan rings is 2. The highest BCUT2D eigenvalue weighted by Crippen LogP contribution is 2.11. The molecule has 0 aliphatic carbocycles. The molecule has 0 aliphatic rings. The SMILES string of the molecule is O=C(/C=C/c1ccco1)NCC(O)c1ccoc1. The molecule has 2 aromatic heterocycles. The van der Waals surface area contributed by atoms with Gasteiger partial charge in [-0.25, -0.2) is 0 Å². The molecule has 0 saturated carbocycles. The summed E-state index contributed by atoms with van der Waals surface area (Å²) in [4.78, 5) is 11.4. The maximum atomic E-state index is 11.4. The fourth-order valence-electron chi connectivity index (χ4n) is 1.38. The van der Waals surface area contributed by atoms with E-state index >= 15 is 0 Å². The molecular formula is C13H13NO4. The molecule has 0 radical (unpaired) electrons. The summed E-state index contributed by atoms with van der Waals surface area (Å²) < 4.78 is 9.88. The Hall–Kier alpha value is -2.27. The first-order valence-electron chi connectivity index (χ1n) is 5.45. The first-order chi connectivity index (χ1) is 8.75. The van der Waals surface area contributed by atoms with Crippen LogP contribution >= 0.6 is 0 Å². The predicted molar refractivity (Wildman–Crippen MR) is 64.4 cm³/mol. The first-order valence-corrected chi connectivity index (χ1v) is 5.45. The van der Waals surface area contributed by atoms with Gasteiger partial charge in [-0.3, -0.25) is 4.79 Å². The minimum atomic E-state index is -0.773. The maximum Gasteiger partial charge on any atom is 0.244 e. The van der Waals surface area contributed by atoms with Crippen LogP contribution < -0.4 is 5.32 Å². The van der Waals surface area contributed by atoms with Crippen molar-refractivity contribution in [3.63, 3.8) is 0 Å². The summed E-state index contributed by atoms with van der Waals surface area (Å²) in [6.07, 6.45) is 6.57. The highest BCUT2D eigenvalue weighted by atomic mass is 16.3. The summed E-state index contributed by atoms with van der Waals surface area (Å²) in [6, 6.07) is 5.12.